The number of carbonyl (C=O) groups is 4. The number of hydrogen-bond donors (Lipinski definition) is 0. The highest BCUT2D eigenvalue weighted by Gasteiger charge is 2.12. The van der Waals surface area contributed by atoms with Gasteiger partial charge in [-0.1, -0.05) is 67.6 Å². The summed E-state index contributed by atoms with van der Waals surface area (Å²) in [4.78, 5) is 44.2. The summed E-state index contributed by atoms with van der Waals surface area (Å²) in [6.07, 6.45) is 0.504. The molecule has 2 aromatic rings. The van der Waals surface area contributed by atoms with Crippen LogP contribution in [0.15, 0.2) is 60.7 Å². The molecule has 0 spiro atoms. The van der Waals surface area contributed by atoms with Gasteiger partial charge < -0.3 is 0 Å². The van der Waals surface area contributed by atoms with Crippen molar-refractivity contribution in [3.8, 4) is 0 Å². The third kappa shape index (κ3) is 7.97. The van der Waals surface area contributed by atoms with E-state index in [1.165, 1.54) is 6.92 Å². The molecule has 0 amide bonds. The standard InChI is InChI=1S/C15H12O2.C6H10O2/c16-14(12-7-3-1-4-8-12)11-15(17)13-9-5-2-6-10-13;1-3-6(8)4-5(2)7/h1-10H,11H2;3-4H2,1-2H3. The summed E-state index contributed by atoms with van der Waals surface area (Å²) in [5, 5.41) is 0. The molecule has 2 rings (SSSR count). The fourth-order valence-electron chi connectivity index (χ4n) is 2.00. The average molecular weight is 338 g/mol. The van der Waals surface area contributed by atoms with E-state index in [-0.39, 0.29) is 36.0 Å². The molecule has 0 atom stereocenters. The summed E-state index contributed by atoms with van der Waals surface area (Å²) in [5.74, 6) is -0.298. The maximum absolute atomic E-state index is 11.8. The molecule has 0 aliphatic rings. The molecule has 0 heterocycles. The second-order valence-corrected chi connectivity index (χ2v) is 5.53. The highest BCUT2D eigenvalue weighted by atomic mass is 16.2. The lowest BCUT2D eigenvalue weighted by Crippen LogP contribution is -2.08. The maximum atomic E-state index is 11.8. The second kappa shape index (κ2) is 10.8. The van der Waals surface area contributed by atoms with Crippen LogP contribution < -0.4 is 0 Å². The van der Waals surface area contributed by atoms with Crippen LogP contribution in [-0.4, -0.2) is 23.1 Å². The molecule has 0 aliphatic heterocycles. The van der Waals surface area contributed by atoms with Gasteiger partial charge in [-0.25, -0.2) is 0 Å². The zero-order chi connectivity index (χ0) is 18.7. The van der Waals surface area contributed by atoms with E-state index < -0.39 is 0 Å². The van der Waals surface area contributed by atoms with E-state index in [1.54, 1.807) is 55.5 Å². The van der Waals surface area contributed by atoms with Crippen molar-refractivity contribution >= 4 is 23.1 Å². The number of ketones is 4. The summed E-state index contributed by atoms with van der Waals surface area (Å²) in [5.41, 5.74) is 1.16. The average Bonchev–Trinajstić information content (AvgIpc) is 2.63. The Kier molecular flexibility index (Phi) is 8.72. The van der Waals surface area contributed by atoms with Crippen molar-refractivity contribution in [1.29, 1.82) is 0 Å². The van der Waals surface area contributed by atoms with E-state index in [2.05, 4.69) is 0 Å². The van der Waals surface area contributed by atoms with Crippen molar-refractivity contribution in [1.82, 2.24) is 0 Å². The molecule has 0 N–H and O–H groups in total. The molecular weight excluding hydrogens is 316 g/mol. The number of Topliss-reactive ketones (excluding diaryl/α,β-unsaturated/α-hetero) is 4. The third-order valence-corrected chi connectivity index (χ3v) is 3.35. The van der Waals surface area contributed by atoms with Gasteiger partial charge in [-0.05, 0) is 6.92 Å². The Balaban J connectivity index is 0.000000333. The predicted molar refractivity (Wildman–Crippen MR) is 96.8 cm³/mol. The zero-order valence-electron chi connectivity index (χ0n) is 14.5. The Hall–Kier alpha value is -2.88. The minimum atomic E-state index is -0.139. The molecule has 0 saturated heterocycles. The van der Waals surface area contributed by atoms with Gasteiger partial charge in [0.1, 0.15) is 11.6 Å². The molecule has 2 aromatic carbocycles. The molecule has 130 valence electrons. The summed E-state index contributed by atoms with van der Waals surface area (Å²) < 4.78 is 0. The van der Waals surface area contributed by atoms with Crippen LogP contribution in [0.3, 0.4) is 0 Å². The monoisotopic (exact) mass is 338 g/mol. The van der Waals surface area contributed by atoms with Gasteiger partial charge in [0.2, 0.25) is 0 Å². The maximum Gasteiger partial charge on any atom is 0.170 e. The molecule has 0 bridgehead atoms. The van der Waals surface area contributed by atoms with Gasteiger partial charge in [0, 0.05) is 17.5 Å². The molecular formula is C21H22O4. The first-order valence-corrected chi connectivity index (χ1v) is 8.11. The van der Waals surface area contributed by atoms with Crippen LogP contribution in [0.1, 0.15) is 53.8 Å². The Morgan fingerprint density at radius 3 is 1.36 bits per heavy atom. The molecule has 0 saturated carbocycles. The first-order valence-electron chi connectivity index (χ1n) is 8.11. The first-order chi connectivity index (χ1) is 11.9. The van der Waals surface area contributed by atoms with Gasteiger partial charge in [0.05, 0.1) is 12.8 Å². The highest BCUT2D eigenvalue weighted by molar-refractivity contribution is 6.13. The SMILES string of the molecule is CCC(=O)CC(C)=O.O=C(CC(=O)c1ccccc1)c1ccccc1. The van der Waals surface area contributed by atoms with Crippen LogP contribution in [0.4, 0.5) is 0 Å². The van der Waals surface area contributed by atoms with Crippen molar-refractivity contribution in [2.45, 2.75) is 33.1 Å². The third-order valence-electron chi connectivity index (χ3n) is 3.35. The summed E-state index contributed by atoms with van der Waals surface area (Å²) in [6, 6.07) is 17.7. The molecule has 0 fully saturated rings. The van der Waals surface area contributed by atoms with Gasteiger partial charge in [0.15, 0.2) is 11.6 Å². The minimum Gasteiger partial charge on any atom is -0.300 e. The van der Waals surface area contributed by atoms with E-state index in [0.717, 1.165) is 0 Å². The van der Waals surface area contributed by atoms with Crippen LogP contribution in [-0.2, 0) is 9.59 Å². The van der Waals surface area contributed by atoms with Crippen LogP contribution >= 0.6 is 0 Å². The van der Waals surface area contributed by atoms with Crippen molar-refractivity contribution in [3.63, 3.8) is 0 Å². The van der Waals surface area contributed by atoms with Gasteiger partial charge >= 0.3 is 0 Å². The summed E-state index contributed by atoms with van der Waals surface area (Å²) >= 11 is 0. The largest absolute Gasteiger partial charge is 0.300 e. The lowest BCUT2D eigenvalue weighted by atomic mass is 10.0. The highest BCUT2D eigenvalue weighted by Crippen LogP contribution is 2.08. The van der Waals surface area contributed by atoms with Gasteiger partial charge in [0.25, 0.3) is 0 Å². The molecule has 0 aromatic heterocycles. The summed E-state index contributed by atoms with van der Waals surface area (Å²) in [7, 11) is 0. The molecule has 4 nitrogen and oxygen atoms in total. The van der Waals surface area contributed by atoms with Crippen LogP contribution in [0.5, 0.6) is 0 Å². The molecule has 25 heavy (non-hydrogen) atoms. The normalized spacial score (nSPS) is 9.52. The molecule has 0 unspecified atom stereocenters. The second-order valence-electron chi connectivity index (χ2n) is 5.53. The molecule has 0 aliphatic carbocycles. The van der Waals surface area contributed by atoms with E-state index in [1.807, 2.05) is 12.1 Å². The molecule has 0 radical (unpaired) electrons. The van der Waals surface area contributed by atoms with E-state index in [4.69, 9.17) is 0 Å². The van der Waals surface area contributed by atoms with E-state index in [0.29, 0.717) is 17.5 Å². The van der Waals surface area contributed by atoms with Gasteiger partial charge in [-0.15, -0.1) is 0 Å². The first kappa shape index (κ1) is 20.2. The van der Waals surface area contributed by atoms with E-state index in [9.17, 15) is 19.2 Å². The predicted octanol–water partition coefficient (Wildman–Crippen LogP) is 4.09. The Morgan fingerprint density at radius 2 is 1.08 bits per heavy atom. The number of carbonyl (C=O) groups excluding carboxylic acids is 4. The lowest BCUT2D eigenvalue weighted by Gasteiger charge is -2.00. The van der Waals surface area contributed by atoms with Crippen molar-refractivity contribution in [3.05, 3.63) is 71.8 Å². The number of benzene rings is 2. The Morgan fingerprint density at radius 1 is 0.680 bits per heavy atom. The van der Waals surface area contributed by atoms with Crippen molar-refractivity contribution in [2.24, 2.45) is 0 Å². The van der Waals surface area contributed by atoms with Gasteiger partial charge in [-0.3, -0.25) is 19.2 Å². The molecule has 4 heteroatoms. The van der Waals surface area contributed by atoms with Crippen LogP contribution in [0.2, 0.25) is 0 Å². The smallest absolute Gasteiger partial charge is 0.170 e. The van der Waals surface area contributed by atoms with Crippen molar-refractivity contribution < 1.29 is 19.2 Å². The minimum absolute atomic E-state index is 0.0255. The zero-order valence-corrected chi connectivity index (χ0v) is 14.5. The quantitative estimate of drug-likeness (QED) is 0.563. The summed E-state index contributed by atoms with van der Waals surface area (Å²) in [6.45, 7) is 3.18. The van der Waals surface area contributed by atoms with Crippen LogP contribution in [0.25, 0.3) is 0 Å². The fraction of sp³-hybridized carbons (Fsp3) is 0.238. The number of hydrogen-bond acceptors (Lipinski definition) is 4. The van der Waals surface area contributed by atoms with Crippen molar-refractivity contribution in [2.75, 3.05) is 0 Å². The van der Waals surface area contributed by atoms with Gasteiger partial charge in [-0.2, -0.15) is 0 Å². The Labute approximate surface area is 147 Å². The fourth-order valence-corrected chi connectivity index (χ4v) is 2.00. The van der Waals surface area contributed by atoms with Crippen LogP contribution in [0, 0.1) is 0 Å². The van der Waals surface area contributed by atoms with E-state index >= 15 is 0 Å². The Bertz CT molecular complexity index is 669. The number of rotatable bonds is 7. The lowest BCUT2D eigenvalue weighted by molar-refractivity contribution is -0.125. The topological polar surface area (TPSA) is 68.3 Å².